The molecule has 3 saturated carbocycles. The first kappa shape index (κ1) is 10.9. The summed E-state index contributed by atoms with van der Waals surface area (Å²) in [5, 5.41) is 3.22. The van der Waals surface area contributed by atoms with Crippen LogP contribution in [0.5, 0.6) is 0 Å². The van der Waals surface area contributed by atoms with Crippen molar-refractivity contribution in [1.82, 2.24) is 5.32 Å². The van der Waals surface area contributed by atoms with Crippen LogP contribution in [0.15, 0.2) is 0 Å². The summed E-state index contributed by atoms with van der Waals surface area (Å²) >= 11 is 6.19. The van der Waals surface area contributed by atoms with E-state index in [4.69, 9.17) is 11.6 Å². The highest BCUT2D eigenvalue weighted by atomic mass is 35.5. The van der Waals surface area contributed by atoms with Gasteiger partial charge in [-0.05, 0) is 43.4 Å². The van der Waals surface area contributed by atoms with E-state index in [1.54, 1.807) is 0 Å². The Morgan fingerprint density at radius 1 is 1.19 bits per heavy atom. The highest BCUT2D eigenvalue weighted by Gasteiger charge is 2.54. The molecule has 1 amide bonds. The van der Waals surface area contributed by atoms with Crippen LogP contribution in [-0.2, 0) is 4.79 Å². The smallest absolute Gasteiger partial charge is 0.223 e. The standard InChI is InChI=1S/C13H20ClNO/c14-11(8-5-6-8)7-15-13(16)12-9-3-1-2-4-10(9)12/h8-12H,1-7H2,(H,15,16). The van der Waals surface area contributed by atoms with Gasteiger partial charge in [-0.25, -0.2) is 0 Å². The molecule has 16 heavy (non-hydrogen) atoms. The largest absolute Gasteiger partial charge is 0.354 e. The molecule has 0 aromatic heterocycles. The molecule has 3 atom stereocenters. The number of hydrogen-bond donors (Lipinski definition) is 1. The monoisotopic (exact) mass is 241 g/mol. The molecule has 3 rings (SSSR count). The normalized spacial score (nSPS) is 38.7. The maximum atomic E-state index is 11.9. The molecule has 0 spiro atoms. The molecule has 0 aromatic rings. The van der Waals surface area contributed by atoms with E-state index in [1.807, 2.05) is 0 Å². The Kier molecular flexibility index (Phi) is 2.87. The van der Waals surface area contributed by atoms with E-state index in [2.05, 4.69) is 5.32 Å². The minimum absolute atomic E-state index is 0.171. The molecule has 0 bridgehead atoms. The predicted molar refractivity (Wildman–Crippen MR) is 64.3 cm³/mol. The van der Waals surface area contributed by atoms with Gasteiger partial charge in [-0.2, -0.15) is 0 Å². The molecule has 3 fully saturated rings. The summed E-state index contributed by atoms with van der Waals surface area (Å²) in [5.74, 6) is 2.71. The van der Waals surface area contributed by atoms with E-state index >= 15 is 0 Å². The Hall–Kier alpha value is -0.240. The average molecular weight is 242 g/mol. The first-order chi connectivity index (χ1) is 7.77. The number of carbonyl (C=O) groups excluding carboxylic acids is 1. The molecule has 0 heterocycles. The zero-order valence-electron chi connectivity index (χ0n) is 9.62. The van der Waals surface area contributed by atoms with Gasteiger partial charge in [0, 0.05) is 12.5 Å². The number of halogens is 1. The van der Waals surface area contributed by atoms with E-state index in [0.717, 1.165) is 0 Å². The third-order valence-corrected chi connectivity index (χ3v) is 5.07. The van der Waals surface area contributed by atoms with Crippen molar-refractivity contribution >= 4 is 17.5 Å². The van der Waals surface area contributed by atoms with Gasteiger partial charge in [0.25, 0.3) is 0 Å². The van der Waals surface area contributed by atoms with E-state index in [1.165, 1.54) is 38.5 Å². The molecule has 0 aromatic carbocycles. The fraction of sp³-hybridized carbons (Fsp3) is 0.923. The maximum Gasteiger partial charge on any atom is 0.223 e. The topological polar surface area (TPSA) is 29.1 Å². The lowest BCUT2D eigenvalue weighted by atomic mass is 10.0. The summed E-state index contributed by atoms with van der Waals surface area (Å²) < 4.78 is 0. The van der Waals surface area contributed by atoms with Gasteiger partial charge in [0.2, 0.25) is 5.91 Å². The zero-order valence-corrected chi connectivity index (χ0v) is 10.4. The highest BCUT2D eigenvalue weighted by Crippen LogP contribution is 2.55. The second-order valence-electron chi connectivity index (χ2n) is 5.74. The molecule has 3 unspecified atom stereocenters. The first-order valence-electron chi connectivity index (χ1n) is 6.69. The third-order valence-electron chi connectivity index (χ3n) is 4.56. The van der Waals surface area contributed by atoms with Crippen molar-refractivity contribution in [3.8, 4) is 0 Å². The van der Waals surface area contributed by atoms with Crippen molar-refractivity contribution in [3.05, 3.63) is 0 Å². The minimum atomic E-state index is 0.171. The van der Waals surface area contributed by atoms with E-state index in [0.29, 0.717) is 30.2 Å². The van der Waals surface area contributed by atoms with Gasteiger partial charge in [0.15, 0.2) is 0 Å². The summed E-state index contributed by atoms with van der Waals surface area (Å²) in [5.41, 5.74) is 0. The SMILES string of the molecule is O=C(NCC(Cl)C1CC1)C1C2CCCCC21. The molecule has 0 saturated heterocycles. The van der Waals surface area contributed by atoms with Crippen LogP contribution < -0.4 is 5.32 Å². The predicted octanol–water partition coefficient (Wildman–Crippen LogP) is 2.56. The van der Waals surface area contributed by atoms with Gasteiger partial charge in [0.1, 0.15) is 0 Å². The van der Waals surface area contributed by atoms with Crippen molar-refractivity contribution in [2.75, 3.05) is 6.54 Å². The summed E-state index contributed by atoms with van der Waals surface area (Å²) in [6, 6.07) is 0. The van der Waals surface area contributed by atoms with Crippen LogP contribution in [0.3, 0.4) is 0 Å². The molecular formula is C13H20ClNO. The number of hydrogen-bond acceptors (Lipinski definition) is 1. The number of rotatable bonds is 4. The van der Waals surface area contributed by atoms with E-state index in [-0.39, 0.29) is 11.3 Å². The van der Waals surface area contributed by atoms with Crippen molar-refractivity contribution in [2.24, 2.45) is 23.7 Å². The van der Waals surface area contributed by atoms with Crippen molar-refractivity contribution in [1.29, 1.82) is 0 Å². The molecule has 3 aliphatic rings. The van der Waals surface area contributed by atoms with Crippen LogP contribution in [0.1, 0.15) is 38.5 Å². The van der Waals surface area contributed by atoms with E-state index in [9.17, 15) is 4.79 Å². The Morgan fingerprint density at radius 3 is 2.38 bits per heavy atom. The second kappa shape index (κ2) is 4.21. The number of nitrogens with one attached hydrogen (secondary N) is 1. The van der Waals surface area contributed by atoms with Crippen LogP contribution in [0, 0.1) is 23.7 Å². The van der Waals surface area contributed by atoms with Gasteiger partial charge in [-0.3, -0.25) is 4.79 Å². The lowest BCUT2D eigenvalue weighted by Gasteiger charge is -2.09. The summed E-state index contributed by atoms with van der Waals surface area (Å²) in [6.07, 6.45) is 7.69. The Labute approximate surface area is 102 Å². The highest BCUT2D eigenvalue weighted by molar-refractivity contribution is 6.21. The molecule has 1 N–H and O–H groups in total. The summed E-state index contributed by atoms with van der Waals surface area (Å²) in [6.45, 7) is 0.682. The summed E-state index contributed by atoms with van der Waals surface area (Å²) in [7, 11) is 0. The molecule has 3 aliphatic carbocycles. The molecule has 3 heteroatoms. The summed E-state index contributed by atoms with van der Waals surface area (Å²) in [4.78, 5) is 11.9. The van der Waals surface area contributed by atoms with Crippen molar-refractivity contribution in [2.45, 2.75) is 43.9 Å². The van der Waals surface area contributed by atoms with Crippen molar-refractivity contribution < 1.29 is 4.79 Å². The van der Waals surface area contributed by atoms with Crippen LogP contribution in [-0.4, -0.2) is 17.8 Å². The van der Waals surface area contributed by atoms with Crippen LogP contribution in [0.4, 0.5) is 0 Å². The number of fused-ring (bicyclic) bond motifs is 1. The van der Waals surface area contributed by atoms with Gasteiger partial charge in [-0.15, -0.1) is 11.6 Å². The lowest BCUT2D eigenvalue weighted by molar-refractivity contribution is -0.122. The fourth-order valence-electron chi connectivity index (χ4n) is 3.32. The molecule has 90 valence electrons. The van der Waals surface area contributed by atoms with Crippen LogP contribution >= 0.6 is 11.6 Å². The average Bonchev–Trinajstić information content (AvgIpc) is 3.16. The third kappa shape index (κ3) is 2.09. The van der Waals surface area contributed by atoms with Crippen LogP contribution in [0.25, 0.3) is 0 Å². The Balaban J connectivity index is 1.43. The zero-order chi connectivity index (χ0) is 11.1. The van der Waals surface area contributed by atoms with Gasteiger partial charge in [-0.1, -0.05) is 12.8 Å². The Bertz CT molecular complexity index is 278. The quantitative estimate of drug-likeness (QED) is 0.753. The van der Waals surface area contributed by atoms with Gasteiger partial charge >= 0.3 is 0 Å². The van der Waals surface area contributed by atoms with Gasteiger partial charge < -0.3 is 5.32 Å². The Morgan fingerprint density at radius 2 is 1.81 bits per heavy atom. The number of carbonyl (C=O) groups is 1. The lowest BCUT2D eigenvalue weighted by Crippen LogP contribution is -2.32. The molecule has 0 aliphatic heterocycles. The number of alkyl halides is 1. The van der Waals surface area contributed by atoms with Crippen LogP contribution in [0.2, 0.25) is 0 Å². The fourth-order valence-corrected chi connectivity index (χ4v) is 3.65. The molecule has 0 radical (unpaired) electrons. The first-order valence-corrected chi connectivity index (χ1v) is 7.13. The minimum Gasteiger partial charge on any atom is -0.354 e. The van der Waals surface area contributed by atoms with Gasteiger partial charge in [0.05, 0.1) is 5.38 Å². The van der Waals surface area contributed by atoms with Crippen molar-refractivity contribution in [3.63, 3.8) is 0 Å². The number of amides is 1. The second-order valence-corrected chi connectivity index (χ2v) is 6.30. The molecule has 2 nitrogen and oxygen atoms in total. The van der Waals surface area contributed by atoms with E-state index < -0.39 is 0 Å². The maximum absolute atomic E-state index is 11.9. The molecular weight excluding hydrogens is 222 g/mol.